The molecule has 1 aromatic carbocycles. The molecule has 2 aromatic rings. The van der Waals surface area contributed by atoms with E-state index >= 15 is 0 Å². The Hall–Kier alpha value is -2.34. The van der Waals surface area contributed by atoms with E-state index in [0.717, 1.165) is 5.56 Å². The smallest absolute Gasteiger partial charge is 0.363 e. The first-order chi connectivity index (χ1) is 9.72. The third-order valence-corrected chi connectivity index (χ3v) is 2.52. The highest BCUT2D eigenvalue weighted by atomic mass is 35.5. The average Bonchev–Trinajstić information content (AvgIpc) is 2.47. The normalized spacial score (nSPS) is 9.57. The molecule has 0 atom stereocenters. The second-order valence-corrected chi connectivity index (χ2v) is 3.92. The van der Waals surface area contributed by atoms with Crippen LogP contribution in [0.3, 0.4) is 0 Å². The summed E-state index contributed by atoms with van der Waals surface area (Å²) in [6.07, 6.45) is 1.31. The van der Waals surface area contributed by atoms with Crippen LogP contribution in [0.4, 0.5) is 0 Å². The first kappa shape index (κ1) is 16.7. The quantitative estimate of drug-likeness (QED) is 0.854. The number of carbonyl (C=O) groups is 1. The van der Waals surface area contributed by atoms with Gasteiger partial charge in [-0.15, -0.1) is 12.4 Å². The van der Waals surface area contributed by atoms with Gasteiger partial charge in [-0.05, 0) is 12.5 Å². The first-order valence-corrected chi connectivity index (χ1v) is 6.14. The summed E-state index contributed by atoms with van der Waals surface area (Å²) in [7, 11) is 0. The Balaban J connectivity index is 0.00000220. The lowest BCUT2D eigenvalue weighted by Gasteiger charge is -2.06. The van der Waals surface area contributed by atoms with Crippen LogP contribution in [-0.4, -0.2) is 22.8 Å². The van der Waals surface area contributed by atoms with Crippen LogP contribution < -0.4 is 10.2 Å². The molecule has 0 aliphatic carbocycles. The van der Waals surface area contributed by atoms with Crippen LogP contribution in [0.1, 0.15) is 23.0 Å². The molecule has 112 valence electrons. The number of esters is 1. The van der Waals surface area contributed by atoms with Crippen molar-refractivity contribution < 1.29 is 14.3 Å². The fourth-order valence-electron chi connectivity index (χ4n) is 1.57. The molecule has 0 aliphatic rings. The highest BCUT2D eigenvalue weighted by Crippen LogP contribution is 2.06. The molecule has 1 aromatic heterocycles. The Kier molecular flexibility index (Phi) is 6.42. The minimum atomic E-state index is -0.765. The van der Waals surface area contributed by atoms with Crippen LogP contribution in [0.25, 0.3) is 0 Å². The number of hydrogen-bond acceptors (Lipinski definition) is 5. The summed E-state index contributed by atoms with van der Waals surface area (Å²) in [4.78, 5) is 23.5. The fraction of sp³-hybridized carbons (Fsp3) is 0.214. The molecule has 0 saturated carbocycles. The molecule has 2 rings (SSSR count). The van der Waals surface area contributed by atoms with Crippen LogP contribution >= 0.6 is 12.4 Å². The molecule has 0 fully saturated rings. The maximum absolute atomic E-state index is 12.0. The second kappa shape index (κ2) is 8.06. The second-order valence-electron chi connectivity index (χ2n) is 3.92. The Morgan fingerprint density at radius 2 is 2.00 bits per heavy atom. The van der Waals surface area contributed by atoms with Crippen LogP contribution in [0.15, 0.2) is 41.3 Å². The zero-order valence-electron chi connectivity index (χ0n) is 11.4. The van der Waals surface area contributed by atoms with Crippen molar-refractivity contribution in [3.8, 4) is 5.75 Å². The number of benzene rings is 1. The molecular formula is C14H15ClN2O4. The molecule has 1 heterocycles. The van der Waals surface area contributed by atoms with E-state index in [9.17, 15) is 9.59 Å². The summed E-state index contributed by atoms with van der Waals surface area (Å²) in [5, 5.41) is 6.09. The lowest BCUT2D eigenvalue weighted by Crippen LogP contribution is -2.22. The number of halogens is 1. The van der Waals surface area contributed by atoms with Crippen molar-refractivity contribution in [3.63, 3.8) is 0 Å². The average molecular weight is 311 g/mol. The molecule has 7 heteroatoms. The Morgan fingerprint density at radius 1 is 1.29 bits per heavy atom. The predicted octanol–water partition coefficient (Wildman–Crippen LogP) is 1.95. The number of aromatic amines is 1. The molecule has 0 saturated heterocycles. The number of aromatic nitrogens is 2. The number of nitrogens with one attached hydrogen (secondary N) is 1. The number of hydrogen-bond donors (Lipinski definition) is 1. The van der Waals surface area contributed by atoms with Crippen molar-refractivity contribution in [1.29, 1.82) is 0 Å². The van der Waals surface area contributed by atoms with Crippen molar-refractivity contribution in [1.82, 2.24) is 10.2 Å². The van der Waals surface area contributed by atoms with E-state index in [-0.39, 0.29) is 37.1 Å². The number of nitrogens with zero attached hydrogens (tertiary/aromatic N) is 1. The van der Waals surface area contributed by atoms with Crippen LogP contribution in [0.2, 0.25) is 0 Å². The molecule has 1 N–H and O–H groups in total. The van der Waals surface area contributed by atoms with E-state index in [0.29, 0.717) is 0 Å². The van der Waals surface area contributed by atoms with Gasteiger partial charge in [-0.25, -0.2) is 4.79 Å². The molecule has 21 heavy (non-hydrogen) atoms. The molecule has 0 bridgehead atoms. The Bertz CT molecular complexity index is 643. The van der Waals surface area contributed by atoms with Gasteiger partial charge in [-0.2, -0.15) is 5.10 Å². The van der Waals surface area contributed by atoms with Gasteiger partial charge in [-0.1, -0.05) is 30.3 Å². The molecular weight excluding hydrogens is 296 g/mol. The number of H-pyrrole nitrogens is 1. The summed E-state index contributed by atoms with van der Waals surface area (Å²) in [5.74, 6) is -0.731. The summed E-state index contributed by atoms with van der Waals surface area (Å²) >= 11 is 0. The van der Waals surface area contributed by atoms with Crippen molar-refractivity contribution in [2.75, 3.05) is 6.61 Å². The van der Waals surface area contributed by atoms with E-state index in [1.807, 2.05) is 30.3 Å². The Labute approximate surface area is 127 Å². The van der Waals surface area contributed by atoms with Gasteiger partial charge in [-0.3, -0.25) is 9.89 Å². The Morgan fingerprint density at radius 3 is 2.67 bits per heavy atom. The largest absolute Gasteiger partial charge is 0.483 e. The van der Waals surface area contributed by atoms with Gasteiger partial charge in [0, 0.05) is 0 Å². The number of ether oxygens (including phenoxy) is 2. The van der Waals surface area contributed by atoms with Gasteiger partial charge in [0.15, 0.2) is 5.75 Å². The summed E-state index contributed by atoms with van der Waals surface area (Å²) in [6.45, 7) is 2.06. The molecule has 6 nitrogen and oxygen atoms in total. The predicted molar refractivity (Wildman–Crippen MR) is 78.8 cm³/mol. The summed E-state index contributed by atoms with van der Waals surface area (Å²) < 4.78 is 10.1. The summed E-state index contributed by atoms with van der Waals surface area (Å²) in [6, 6.07) is 9.39. The van der Waals surface area contributed by atoms with Gasteiger partial charge in [0.2, 0.25) is 5.69 Å². The third kappa shape index (κ3) is 4.32. The number of rotatable bonds is 5. The zero-order valence-corrected chi connectivity index (χ0v) is 12.2. The van der Waals surface area contributed by atoms with Crippen LogP contribution in [-0.2, 0) is 11.3 Å². The first-order valence-electron chi connectivity index (χ1n) is 6.14. The van der Waals surface area contributed by atoms with Crippen molar-refractivity contribution in [3.05, 3.63) is 58.0 Å². The minimum Gasteiger partial charge on any atom is -0.483 e. The molecule has 0 aliphatic heterocycles. The van der Waals surface area contributed by atoms with Crippen LogP contribution in [0.5, 0.6) is 5.75 Å². The van der Waals surface area contributed by atoms with Crippen LogP contribution in [0, 0.1) is 0 Å². The van der Waals surface area contributed by atoms with Crippen molar-refractivity contribution in [2.24, 2.45) is 0 Å². The highest BCUT2D eigenvalue weighted by molar-refractivity contribution is 5.87. The maximum Gasteiger partial charge on any atom is 0.363 e. The number of carbonyl (C=O) groups excluding carboxylic acids is 1. The topological polar surface area (TPSA) is 81.3 Å². The SMILES string of the molecule is CCOC(=O)c1n[nH]cc(OCc2ccccc2)c1=O.Cl. The molecule has 0 unspecified atom stereocenters. The fourth-order valence-corrected chi connectivity index (χ4v) is 1.57. The molecule has 0 radical (unpaired) electrons. The molecule has 0 spiro atoms. The van der Waals surface area contributed by atoms with E-state index in [2.05, 4.69) is 10.2 Å². The van der Waals surface area contributed by atoms with Gasteiger partial charge >= 0.3 is 5.97 Å². The van der Waals surface area contributed by atoms with Crippen molar-refractivity contribution >= 4 is 18.4 Å². The van der Waals surface area contributed by atoms with E-state index in [1.165, 1.54) is 6.20 Å². The molecule has 0 amide bonds. The lowest BCUT2D eigenvalue weighted by molar-refractivity contribution is 0.0515. The monoisotopic (exact) mass is 310 g/mol. The van der Waals surface area contributed by atoms with Gasteiger partial charge in [0.25, 0.3) is 5.43 Å². The third-order valence-electron chi connectivity index (χ3n) is 2.52. The lowest BCUT2D eigenvalue weighted by atomic mass is 10.2. The van der Waals surface area contributed by atoms with Gasteiger partial charge < -0.3 is 9.47 Å². The van der Waals surface area contributed by atoms with Gasteiger partial charge in [0.1, 0.15) is 6.61 Å². The standard InChI is InChI=1S/C14H14N2O4.ClH/c1-2-19-14(18)12-13(17)11(8-15-16-12)20-9-10-6-4-3-5-7-10;/h3-8H,2,9H2,1H3,(H,15,17);1H. The maximum atomic E-state index is 12.0. The summed E-state index contributed by atoms with van der Waals surface area (Å²) in [5.41, 5.74) is 0.0249. The van der Waals surface area contributed by atoms with E-state index < -0.39 is 11.4 Å². The van der Waals surface area contributed by atoms with Crippen molar-refractivity contribution in [2.45, 2.75) is 13.5 Å². The van der Waals surface area contributed by atoms with E-state index in [1.54, 1.807) is 6.92 Å². The minimum absolute atomic E-state index is 0. The highest BCUT2D eigenvalue weighted by Gasteiger charge is 2.17. The van der Waals surface area contributed by atoms with E-state index in [4.69, 9.17) is 9.47 Å². The van der Waals surface area contributed by atoms with Gasteiger partial charge in [0.05, 0.1) is 12.8 Å². The zero-order chi connectivity index (χ0) is 14.4.